The predicted molar refractivity (Wildman–Crippen MR) is 90.4 cm³/mol. The Morgan fingerprint density at radius 3 is 2.61 bits per heavy atom. The summed E-state index contributed by atoms with van der Waals surface area (Å²) in [6, 6.07) is 15.3. The van der Waals surface area contributed by atoms with E-state index < -0.39 is 0 Å². The average molecular weight is 308 g/mol. The summed E-state index contributed by atoms with van der Waals surface area (Å²) in [6.45, 7) is 3.19. The van der Waals surface area contributed by atoms with Crippen molar-refractivity contribution in [3.05, 3.63) is 65.2 Å². The summed E-state index contributed by atoms with van der Waals surface area (Å²) >= 11 is 0. The Bertz CT molecular complexity index is 740. The summed E-state index contributed by atoms with van der Waals surface area (Å²) in [5, 5.41) is 2.96. The molecule has 1 heterocycles. The molecular weight excluding hydrogens is 288 g/mol. The minimum absolute atomic E-state index is 0.0872. The molecule has 2 aromatic carbocycles. The van der Waals surface area contributed by atoms with Crippen LogP contribution in [0.2, 0.25) is 0 Å². The molecule has 1 aliphatic rings. The molecule has 2 amide bonds. The number of rotatable bonds is 4. The van der Waals surface area contributed by atoms with Crippen LogP contribution in [0.25, 0.3) is 0 Å². The van der Waals surface area contributed by atoms with Gasteiger partial charge in [0.1, 0.15) is 0 Å². The number of hydrogen-bond acceptors (Lipinski definition) is 2. The van der Waals surface area contributed by atoms with Crippen molar-refractivity contribution in [3.8, 4) is 0 Å². The van der Waals surface area contributed by atoms with E-state index in [0.717, 1.165) is 17.5 Å². The highest BCUT2D eigenvalue weighted by Crippen LogP contribution is 2.25. The third-order valence-corrected chi connectivity index (χ3v) is 4.21. The zero-order valence-corrected chi connectivity index (χ0v) is 13.2. The van der Waals surface area contributed by atoms with Gasteiger partial charge < -0.3 is 10.2 Å². The van der Waals surface area contributed by atoms with Gasteiger partial charge in [-0.1, -0.05) is 36.4 Å². The number of nitrogens with one attached hydrogen (secondary N) is 1. The fourth-order valence-electron chi connectivity index (χ4n) is 2.88. The molecule has 0 spiro atoms. The van der Waals surface area contributed by atoms with E-state index in [1.165, 1.54) is 0 Å². The van der Waals surface area contributed by atoms with Crippen molar-refractivity contribution in [2.45, 2.75) is 26.3 Å². The zero-order chi connectivity index (χ0) is 16.2. The highest BCUT2D eigenvalue weighted by molar-refractivity contribution is 6.05. The second-order valence-electron chi connectivity index (χ2n) is 5.78. The lowest BCUT2D eigenvalue weighted by atomic mass is 10.1. The Hall–Kier alpha value is -2.62. The maximum Gasteiger partial charge on any atom is 0.253 e. The molecule has 0 radical (unpaired) electrons. The molecule has 0 atom stereocenters. The third kappa shape index (κ3) is 3.26. The van der Waals surface area contributed by atoms with Crippen LogP contribution in [0.4, 0.5) is 5.69 Å². The standard InChI is InChI=1S/C19H20N2O2/c1-14-7-2-3-8-15(14)13-20-19(23)16-9-4-5-10-17(16)21-12-6-11-18(21)22/h2-5,7-10H,6,11-13H2,1H3,(H,20,23). The fourth-order valence-corrected chi connectivity index (χ4v) is 2.88. The summed E-state index contributed by atoms with van der Waals surface area (Å²) in [6.07, 6.45) is 1.40. The van der Waals surface area contributed by atoms with Gasteiger partial charge in [0.05, 0.1) is 11.3 Å². The molecule has 23 heavy (non-hydrogen) atoms. The fraction of sp³-hybridized carbons (Fsp3) is 0.263. The highest BCUT2D eigenvalue weighted by atomic mass is 16.2. The average Bonchev–Trinajstić information content (AvgIpc) is 3.00. The normalized spacial score (nSPS) is 14.1. The van der Waals surface area contributed by atoms with Crippen LogP contribution in [0.5, 0.6) is 0 Å². The number of nitrogens with zero attached hydrogens (tertiary/aromatic N) is 1. The van der Waals surface area contributed by atoms with Gasteiger partial charge >= 0.3 is 0 Å². The van der Waals surface area contributed by atoms with Crippen molar-refractivity contribution < 1.29 is 9.59 Å². The molecule has 2 aromatic rings. The molecule has 0 aromatic heterocycles. The van der Waals surface area contributed by atoms with Gasteiger partial charge in [-0.2, -0.15) is 0 Å². The number of hydrogen-bond donors (Lipinski definition) is 1. The summed E-state index contributed by atoms with van der Waals surface area (Å²) in [4.78, 5) is 26.2. The Labute approximate surface area is 136 Å². The maximum absolute atomic E-state index is 12.6. The van der Waals surface area contributed by atoms with Gasteiger partial charge in [-0.15, -0.1) is 0 Å². The number of para-hydroxylation sites is 1. The molecule has 3 rings (SSSR count). The van der Waals surface area contributed by atoms with E-state index in [1.54, 1.807) is 11.0 Å². The van der Waals surface area contributed by atoms with Crippen molar-refractivity contribution in [3.63, 3.8) is 0 Å². The lowest BCUT2D eigenvalue weighted by Crippen LogP contribution is -2.29. The highest BCUT2D eigenvalue weighted by Gasteiger charge is 2.25. The van der Waals surface area contributed by atoms with Gasteiger partial charge in [-0.3, -0.25) is 9.59 Å². The molecule has 1 fully saturated rings. The summed E-state index contributed by atoms with van der Waals surface area (Å²) in [7, 11) is 0. The monoisotopic (exact) mass is 308 g/mol. The topological polar surface area (TPSA) is 49.4 Å². The molecule has 1 saturated heterocycles. The van der Waals surface area contributed by atoms with E-state index in [1.807, 2.05) is 49.4 Å². The minimum atomic E-state index is -0.149. The van der Waals surface area contributed by atoms with Crippen LogP contribution in [-0.2, 0) is 11.3 Å². The van der Waals surface area contributed by atoms with Gasteiger partial charge in [0, 0.05) is 19.5 Å². The summed E-state index contributed by atoms with van der Waals surface area (Å²) in [5.74, 6) is -0.0623. The molecule has 1 aliphatic heterocycles. The second-order valence-corrected chi connectivity index (χ2v) is 5.78. The van der Waals surface area contributed by atoms with E-state index in [9.17, 15) is 9.59 Å². The van der Waals surface area contributed by atoms with Crippen LogP contribution in [0.15, 0.2) is 48.5 Å². The van der Waals surface area contributed by atoms with Crippen molar-refractivity contribution in [2.75, 3.05) is 11.4 Å². The Balaban J connectivity index is 1.78. The molecule has 0 aliphatic carbocycles. The molecule has 1 N–H and O–H groups in total. The lowest BCUT2D eigenvalue weighted by Gasteiger charge is -2.19. The molecule has 118 valence electrons. The largest absolute Gasteiger partial charge is 0.348 e. The van der Waals surface area contributed by atoms with Crippen LogP contribution in [0.1, 0.15) is 34.3 Å². The number of carbonyl (C=O) groups is 2. The predicted octanol–water partition coefficient (Wildman–Crippen LogP) is 3.05. The first-order chi connectivity index (χ1) is 11.2. The third-order valence-electron chi connectivity index (χ3n) is 4.21. The maximum atomic E-state index is 12.6. The number of carbonyl (C=O) groups excluding carboxylic acids is 2. The number of amides is 2. The van der Waals surface area contributed by atoms with Gasteiger partial charge in [0.2, 0.25) is 5.91 Å². The summed E-state index contributed by atoms with van der Waals surface area (Å²) in [5.41, 5.74) is 3.50. The van der Waals surface area contributed by atoms with E-state index in [0.29, 0.717) is 30.8 Å². The first kappa shape index (κ1) is 15.3. The number of anilines is 1. The lowest BCUT2D eigenvalue weighted by molar-refractivity contribution is -0.117. The van der Waals surface area contributed by atoms with Crippen LogP contribution in [0.3, 0.4) is 0 Å². The Morgan fingerprint density at radius 2 is 1.87 bits per heavy atom. The van der Waals surface area contributed by atoms with Crippen molar-refractivity contribution >= 4 is 17.5 Å². The SMILES string of the molecule is Cc1ccccc1CNC(=O)c1ccccc1N1CCCC1=O. The van der Waals surface area contributed by atoms with Gasteiger partial charge in [-0.25, -0.2) is 0 Å². The van der Waals surface area contributed by atoms with Gasteiger partial charge in [0.15, 0.2) is 0 Å². The quantitative estimate of drug-likeness (QED) is 0.943. The van der Waals surface area contributed by atoms with Crippen LogP contribution in [0, 0.1) is 6.92 Å². The van der Waals surface area contributed by atoms with Crippen LogP contribution >= 0.6 is 0 Å². The smallest absolute Gasteiger partial charge is 0.253 e. The molecule has 4 heteroatoms. The number of aryl methyl sites for hydroxylation is 1. The van der Waals surface area contributed by atoms with E-state index in [4.69, 9.17) is 0 Å². The molecule has 0 bridgehead atoms. The Morgan fingerprint density at radius 1 is 1.13 bits per heavy atom. The van der Waals surface area contributed by atoms with Crippen LogP contribution < -0.4 is 10.2 Å². The molecule has 4 nitrogen and oxygen atoms in total. The molecule has 0 unspecified atom stereocenters. The first-order valence-electron chi connectivity index (χ1n) is 7.89. The first-order valence-corrected chi connectivity index (χ1v) is 7.89. The minimum Gasteiger partial charge on any atom is -0.348 e. The molecular formula is C19H20N2O2. The van der Waals surface area contributed by atoms with Crippen molar-refractivity contribution in [1.82, 2.24) is 5.32 Å². The zero-order valence-electron chi connectivity index (χ0n) is 13.2. The van der Waals surface area contributed by atoms with E-state index >= 15 is 0 Å². The van der Waals surface area contributed by atoms with Crippen molar-refractivity contribution in [1.29, 1.82) is 0 Å². The Kier molecular flexibility index (Phi) is 4.42. The van der Waals surface area contributed by atoms with E-state index in [2.05, 4.69) is 5.32 Å². The number of benzene rings is 2. The molecule has 0 saturated carbocycles. The summed E-state index contributed by atoms with van der Waals surface area (Å²) < 4.78 is 0. The van der Waals surface area contributed by atoms with Gasteiger partial charge in [-0.05, 0) is 36.6 Å². The second kappa shape index (κ2) is 6.65. The van der Waals surface area contributed by atoms with E-state index in [-0.39, 0.29) is 11.8 Å². The van der Waals surface area contributed by atoms with Crippen molar-refractivity contribution in [2.24, 2.45) is 0 Å². The van der Waals surface area contributed by atoms with Crippen LogP contribution in [-0.4, -0.2) is 18.4 Å². The van der Waals surface area contributed by atoms with Gasteiger partial charge in [0.25, 0.3) is 5.91 Å².